The van der Waals surface area contributed by atoms with Crippen LogP contribution in [0.15, 0.2) is 126 Å². The first-order chi connectivity index (χ1) is 66.2. The minimum Gasteiger partial charge on any atom is -0.365 e. The molecule has 0 radical (unpaired) electrons. The van der Waals surface area contributed by atoms with Gasteiger partial charge in [-0.25, -0.2) is 71.8 Å². The number of nitrogens with one attached hydrogen (secondary N) is 10. The Morgan fingerprint density at radius 1 is 0.324 bits per heavy atom. The van der Waals surface area contributed by atoms with Gasteiger partial charge in [0.05, 0.1) is 26.9 Å². The number of fused-ring (bicyclic) bond motifs is 5. The molecule has 10 aromatic heterocycles. The Kier molecular flexibility index (Phi) is 28.9. The maximum absolute atomic E-state index is 14.3. The van der Waals surface area contributed by atoms with E-state index in [2.05, 4.69) is 197 Å². The standard InChI is InChI=1S/4C21H28FN5O.C20H26FN5O/c4*1-5-17(28)27-10-13(6-7-16(27)12(2)3)26-20-18-14(15-8-21(15,4)22)9-23-19(18)24-11-25-20;1-4-13-7-6-12(10-26(13)16(27)5-2)25-19-17-14(15-8-20(15,3)21)9-22-18(17)23-11-24-19/h4*5,9,11-13,15-16H,1,6-8,10H2,2-4H3,(H2,23,24,25,26);5,9,11-13,15H,2,4,6-8,10H2,1,3H3,(H2,22,23,24,25)/t13?,15-,16-,21?;2*13-,15+,16-,21?;13-,15-,16-,21?;12-,13+,15-,20?/m01011/s1. The smallest absolute Gasteiger partial charge is 0.246 e. The molecule has 20 atom stereocenters. The van der Waals surface area contributed by atoms with Crippen LogP contribution < -0.4 is 26.6 Å². The molecule has 30 nitrogen and oxygen atoms in total. The monoisotopic (exact) mass is 1910 g/mol. The maximum atomic E-state index is 14.3. The molecule has 6 unspecified atom stereocenters. The van der Waals surface area contributed by atoms with E-state index in [1.54, 1.807) is 34.6 Å². The van der Waals surface area contributed by atoms with E-state index in [0.29, 0.717) is 146 Å². The molecule has 139 heavy (non-hydrogen) atoms. The quantitative estimate of drug-likeness (QED) is 0.0188. The summed E-state index contributed by atoms with van der Waals surface area (Å²) in [6.45, 7) is 48.7. The number of aromatic nitrogens is 15. The molecule has 5 saturated heterocycles. The molecule has 0 aromatic carbocycles. The van der Waals surface area contributed by atoms with Crippen LogP contribution in [0.1, 0.15) is 257 Å². The number of anilines is 5. The van der Waals surface area contributed by atoms with Gasteiger partial charge in [-0.05, 0) is 219 Å². The largest absolute Gasteiger partial charge is 0.365 e. The zero-order valence-corrected chi connectivity index (χ0v) is 82.7. The molecular formula is C104H138F5N25O5. The zero-order chi connectivity index (χ0) is 99.4. The van der Waals surface area contributed by atoms with Crippen LogP contribution in [0.2, 0.25) is 0 Å². The molecular weight excluding hydrogens is 1770 g/mol. The highest BCUT2D eigenvalue weighted by Gasteiger charge is 2.57. The van der Waals surface area contributed by atoms with Crippen molar-refractivity contribution in [2.45, 2.75) is 318 Å². The van der Waals surface area contributed by atoms with E-state index < -0.39 is 28.3 Å². The highest BCUT2D eigenvalue weighted by molar-refractivity contribution is 5.97. The van der Waals surface area contributed by atoms with E-state index >= 15 is 0 Å². The average molecular weight is 1910 g/mol. The summed E-state index contributed by atoms with van der Waals surface area (Å²) in [5, 5.41) is 21.8. The van der Waals surface area contributed by atoms with Gasteiger partial charge in [0.25, 0.3) is 0 Å². The Bertz CT molecular complexity index is 5610. The fraction of sp³-hybridized carbons (Fsp3) is 0.567. The average Bonchev–Trinajstić information content (AvgIpc) is 1.60. The van der Waals surface area contributed by atoms with Gasteiger partial charge in [-0.15, -0.1) is 0 Å². The molecule has 20 rings (SSSR count). The first-order valence-corrected chi connectivity index (χ1v) is 49.7. The van der Waals surface area contributed by atoms with Gasteiger partial charge in [-0.3, -0.25) is 24.0 Å². The molecule has 5 amide bonds. The summed E-state index contributed by atoms with van der Waals surface area (Å²) >= 11 is 0. The van der Waals surface area contributed by atoms with Crippen LogP contribution in [0.5, 0.6) is 0 Å². The first kappa shape index (κ1) is 99.8. The molecule has 5 aliphatic carbocycles. The first-order valence-electron chi connectivity index (χ1n) is 49.7. The number of H-pyrrole nitrogens is 5. The molecule has 0 spiro atoms. The number of nitrogens with zero attached hydrogens (tertiary/aromatic N) is 15. The molecule has 5 saturated carbocycles. The van der Waals surface area contributed by atoms with Crippen LogP contribution in [0.25, 0.3) is 55.2 Å². The summed E-state index contributed by atoms with van der Waals surface area (Å²) in [5.74, 6) is 4.35. The van der Waals surface area contributed by atoms with Crippen molar-refractivity contribution in [2.24, 2.45) is 23.7 Å². The molecule has 10 aromatic rings. The van der Waals surface area contributed by atoms with Crippen LogP contribution in [-0.2, 0) is 24.0 Å². The third-order valence-corrected chi connectivity index (χ3v) is 31.0. The van der Waals surface area contributed by atoms with Crippen LogP contribution in [0, 0.1) is 23.7 Å². The van der Waals surface area contributed by atoms with Gasteiger partial charge in [-0.1, -0.05) is 95.2 Å². The van der Waals surface area contributed by atoms with E-state index in [-0.39, 0.29) is 120 Å². The molecule has 15 heterocycles. The summed E-state index contributed by atoms with van der Waals surface area (Å²) in [6, 6.07) is 1.53. The van der Waals surface area contributed by atoms with Gasteiger partial charge in [0.1, 0.15) is 117 Å². The van der Waals surface area contributed by atoms with Crippen LogP contribution in [0.4, 0.5) is 51.0 Å². The summed E-state index contributed by atoms with van der Waals surface area (Å²) < 4.78 is 71.5. The number of amides is 5. The highest BCUT2D eigenvalue weighted by atomic mass is 19.2. The lowest BCUT2D eigenvalue weighted by molar-refractivity contribution is -0.131. The zero-order valence-electron chi connectivity index (χ0n) is 82.7. The lowest BCUT2D eigenvalue weighted by atomic mass is 9.90. The third kappa shape index (κ3) is 21.3. The molecule has 0 bridgehead atoms. The van der Waals surface area contributed by atoms with Gasteiger partial charge in [-0.2, -0.15) is 0 Å². The number of aromatic amines is 5. The predicted octanol–water partition coefficient (Wildman–Crippen LogP) is 18.7. The van der Waals surface area contributed by atoms with Crippen molar-refractivity contribution in [3.63, 3.8) is 0 Å². The number of piperidine rings is 5. The van der Waals surface area contributed by atoms with Crippen LogP contribution in [0.3, 0.4) is 0 Å². The maximum Gasteiger partial charge on any atom is 0.246 e. The fourth-order valence-electron chi connectivity index (χ4n) is 22.3. The number of carbonyl (C=O) groups excluding carboxylic acids is 5. The minimum atomic E-state index is -1.16. The Hall–Kier alpha value is -12.2. The van der Waals surface area contributed by atoms with Crippen LogP contribution >= 0.6 is 0 Å². The van der Waals surface area contributed by atoms with E-state index in [4.69, 9.17) is 0 Å². The molecule has 10 N–H and O–H groups in total. The van der Waals surface area contributed by atoms with Gasteiger partial charge >= 0.3 is 0 Å². The van der Waals surface area contributed by atoms with Crippen molar-refractivity contribution in [1.29, 1.82) is 0 Å². The second-order valence-corrected chi connectivity index (χ2v) is 42.5. The Balaban J connectivity index is 0.000000125. The van der Waals surface area contributed by atoms with Crippen molar-refractivity contribution in [3.05, 3.63) is 154 Å². The highest BCUT2D eigenvalue weighted by Crippen LogP contribution is 2.61. The number of hydrogen-bond acceptors (Lipinski definition) is 20. The summed E-state index contributed by atoms with van der Waals surface area (Å²) in [5.41, 5.74) is 2.41. The Morgan fingerprint density at radius 3 is 0.676 bits per heavy atom. The summed E-state index contributed by atoms with van der Waals surface area (Å²) in [7, 11) is 0. The predicted molar refractivity (Wildman–Crippen MR) is 535 cm³/mol. The van der Waals surface area contributed by atoms with Crippen molar-refractivity contribution < 1.29 is 45.9 Å². The van der Waals surface area contributed by atoms with E-state index in [0.717, 1.165) is 125 Å². The van der Waals surface area contributed by atoms with Crippen molar-refractivity contribution >= 4 is 114 Å². The summed E-state index contributed by atoms with van der Waals surface area (Å²) in [4.78, 5) is 131. The number of halogens is 5. The Morgan fingerprint density at radius 2 is 0.504 bits per heavy atom. The molecule has 10 fully saturated rings. The van der Waals surface area contributed by atoms with Crippen molar-refractivity contribution in [1.82, 2.24) is 99.3 Å². The normalized spacial score (nSPS) is 30.0. The van der Waals surface area contributed by atoms with Crippen molar-refractivity contribution in [2.75, 3.05) is 59.3 Å². The van der Waals surface area contributed by atoms with E-state index in [1.165, 1.54) is 62.0 Å². The fourth-order valence-corrected chi connectivity index (χ4v) is 22.3. The summed E-state index contributed by atoms with van der Waals surface area (Å²) in [6.07, 6.45) is 36.7. The lowest BCUT2D eigenvalue weighted by Gasteiger charge is -2.41. The topological polar surface area (TPSA) is 370 Å². The van der Waals surface area contributed by atoms with Gasteiger partial charge in [0, 0.05) is 154 Å². The number of likely N-dealkylation sites (tertiary alicyclic amines) is 5. The van der Waals surface area contributed by atoms with Crippen molar-refractivity contribution in [3.8, 4) is 0 Å². The number of alkyl halides is 5. The number of carbonyl (C=O) groups is 5. The second-order valence-electron chi connectivity index (χ2n) is 42.5. The lowest BCUT2D eigenvalue weighted by Crippen LogP contribution is -2.52. The Labute approximate surface area is 809 Å². The molecule has 744 valence electrons. The van der Waals surface area contributed by atoms with Gasteiger partial charge in [0.15, 0.2) is 0 Å². The third-order valence-electron chi connectivity index (χ3n) is 31.0. The second kappa shape index (κ2) is 40.2. The number of rotatable bonds is 25. The van der Waals surface area contributed by atoms with E-state index in [1.807, 2.05) is 55.5 Å². The van der Waals surface area contributed by atoms with E-state index in [9.17, 15) is 45.9 Å². The number of hydrogen-bond donors (Lipinski definition) is 10. The van der Waals surface area contributed by atoms with Gasteiger partial charge in [0.2, 0.25) is 29.5 Å². The SMILES string of the molecule is C=CC(=O)N1CC(Nc2ncnc3[nH]cc([C@@H]4CC4(C)F)c23)CC[C@H]1C(C)C.C=CC(=O)N1C[C@@H](Nc2ncnc3[nH]cc([C@H]4CC4(C)F)c23)CC[C@H]1C(C)C.C=CC(=O)N1C[C@H](Nc2ncnc3[nH]cc([C@@H]4CC4(C)F)c23)CC[C@@H]1C(C)C.C=CC(=O)N1C[C@H](Nc2ncnc3[nH]cc([C@H]4CC4(C)F)c23)CC[C@@H]1C(C)C.C=CC(=O)N1C[C@H](Nc2ncnc3[nH]cc([C@H]4CC4(C)F)c23)CC[C@@H]1CC. The van der Waals surface area contributed by atoms with Gasteiger partial charge < -0.3 is 76.0 Å². The molecule has 10 aliphatic rings. The molecule has 35 heteroatoms. The van der Waals surface area contributed by atoms with Crippen LogP contribution in [-0.4, -0.2) is 250 Å². The minimum absolute atomic E-state index is 0.0327. The molecule has 5 aliphatic heterocycles.